The van der Waals surface area contributed by atoms with E-state index in [0.717, 1.165) is 24.0 Å². The van der Waals surface area contributed by atoms with Gasteiger partial charge in [0.25, 0.3) is 0 Å². The van der Waals surface area contributed by atoms with Gasteiger partial charge in [-0.2, -0.15) is 13.2 Å². The summed E-state index contributed by atoms with van der Waals surface area (Å²) in [6.07, 6.45) is -4.01. The molecule has 0 heterocycles. The minimum absolute atomic E-state index is 0.0835. The van der Waals surface area contributed by atoms with Crippen molar-refractivity contribution in [1.82, 2.24) is 10.2 Å². The first kappa shape index (κ1) is 34.2. The molecule has 3 aromatic rings. The lowest BCUT2D eigenvalue weighted by Crippen LogP contribution is -2.56. The van der Waals surface area contributed by atoms with Crippen LogP contribution in [0.4, 0.5) is 18.9 Å². The van der Waals surface area contributed by atoms with Gasteiger partial charge in [-0.3, -0.25) is 13.9 Å². The summed E-state index contributed by atoms with van der Waals surface area (Å²) in [5, 5.41) is 2.71. The third-order valence-electron chi connectivity index (χ3n) is 6.26. The monoisotopic (exact) mass is 657 g/mol. The Morgan fingerprint density at radius 2 is 1.51 bits per heavy atom. The summed E-state index contributed by atoms with van der Waals surface area (Å²) in [4.78, 5) is 29.0. The number of rotatable bonds is 10. The van der Waals surface area contributed by atoms with Crippen molar-refractivity contribution in [3.8, 4) is 0 Å². The third-order valence-corrected chi connectivity index (χ3v) is 7.98. The summed E-state index contributed by atoms with van der Waals surface area (Å²) < 4.78 is 67.1. The maximum atomic E-state index is 14.1. The van der Waals surface area contributed by atoms with Crippen molar-refractivity contribution in [2.75, 3.05) is 17.1 Å². The van der Waals surface area contributed by atoms with Gasteiger partial charge in [-0.15, -0.1) is 0 Å². The van der Waals surface area contributed by atoms with E-state index in [1.54, 1.807) is 75.4 Å². The summed E-state index contributed by atoms with van der Waals surface area (Å²) in [7, 11) is -4.28. The van der Waals surface area contributed by atoms with Gasteiger partial charge in [0, 0.05) is 23.5 Å². The van der Waals surface area contributed by atoms with Crippen LogP contribution in [0.25, 0.3) is 0 Å². The van der Waals surface area contributed by atoms with Gasteiger partial charge in [0.2, 0.25) is 21.8 Å². The third kappa shape index (κ3) is 9.87. The zero-order valence-corrected chi connectivity index (χ0v) is 26.3. The van der Waals surface area contributed by atoms with Crippen LogP contribution in [0, 0.1) is 0 Å². The van der Waals surface area contributed by atoms with Crippen LogP contribution in [0.3, 0.4) is 0 Å². The number of hydrogen-bond donors (Lipinski definition) is 1. The molecule has 43 heavy (non-hydrogen) atoms. The molecule has 3 rings (SSSR count). The van der Waals surface area contributed by atoms with Gasteiger partial charge in [0.1, 0.15) is 12.6 Å². The number of anilines is 1. The molecule has 13 heteroatoms. The van der Waals surface area contributed by atoms with E-state index in [-0.39, 0.29) is 13.0 Å². The van der Waals surface area contributed by atoms with Gasteiger partial charge < -0.3 is 10.2 Å². The number of nitrogens with one attached hydrogen (secondary N) is 1. The largest absolute Gasteiger partial charge is 0.417 e. The van der Waals surface area contributed by atoms with E-state index < -0.39 is 62.4 Å². The molecule has 0 aliphatic carbocycles. The molecule has 0 unspecified atom stereocenters. The highest BCUT2D eigenvalue weighted by molar-refractivity contribution is 7.92. The zero-order chi connectivity index (χ0) is 32.2. The number of benzene rings is 3. The highest BCUT2D eigenvalue weighted by Crippen LogP contribution is 2.37. The maximum absolute atomic E-state index is 14.1. The van der Waals surface area contributed by atoms with Crippen LogP contribution >= 0.6 is 23.2 Å². The van der Waals surface area contributed by atoms with Crippen LogP contribution in [0.5, 0.6) is 0 Å². The fraction of sp³-hybridized carbons (Fsp3) is 0.333. The fourth-order valence-corrected chi connectivity index (χ4v) is 5.48. The predicted molar refractivity (Wildman–Crippen MR) is 162 cm³/mol. The van der Waals surface area contributed by atoms with E-state index in [1.807, 2.05) is 0 Å². The second kappa shape index (κ2) is 13.6. The van der Waals surface area contributed by atoms with Gasteiger partial charge in [-0.25, -0.2) is 8.42 Å². The van der Waals surface area contributed by atoms with Crippen molar-refractivity contribution in [2.45, 2.75) is 51.5 Å². The fourth-order valence-electron chi connectivity index (χ4n) is 4.29. The van der Waals surface area contributed by atoms with Crippen molar-refractivity contribution >= 4 is 50.7 Å². The van der Waals surface area contributed by atoms with Gasteiger partial charge >= 0.3 is 6.18 Å². The van der Waals surface area contributed by atoms with Crippen LogP contribution < -0.4 is 9.62 Å². The molecule has 0 aliphatic rings. The molecule has 0 bridgehead atoms. The number of alkyl halides is 3. The Bertz CT molecular complexity index is 1550. The van der Waals surface area contributed by atoms with E-state index >= 15 is 0 Å². The van der Waals surface area contributed by atoms with E-state index in [1.165, 1.54) is 4.90 Å². The molecule has 7 nitrogen and oxygen atoms in total. The number of amides is 2. The predicted octanol–water partition coefficient (Wildman–Crippen LogP) is 6.33. The number of nitrogens with zero attached hydrogens (tertiary/aromatic N) is 2. The highest BCUT2D eigenvalue weighted by atomic mass is 35.5. The molecule has 0 saturated carbocycles. The molecule has 0 saturated heterocycles. The van der Waals surface area contributed by atoms with Crippen molar-refractivity contribution in [1.29, 1.82) is 0 Å². The van der Waals surface area contributed by atoms with Gasteiger partial charge in [0.05, 0.1) is 22.5 Å². The summed E-state index contributed by atoms with van der Waals surface area (Å²) in [5.74, 6) is -1.30. The molecular formula is C30H32Cl2F3N3O4S. The Balaban J connectivity index is 2.11. The lowest BCUT2D eigenvalue weighted by molar-refractivity contribution is -0.140. The molecule has 0 aromatic heterocycles. The second-order valence-electron chi connectivity index (χ2n) is 11.0. The molecule has 0 radical (unpaired) electrons. The van der Waals surface area contributed by atoms with Crippen molar-refractivity contribution < 1.29 is 31.2 Å². The summed E-state index contributed by atoms with van der Waals surface area (Å²) in [6, 6.07) is 17.0. The molecule has 0 spiro atoms. The number of carbonyl (C=O) groups is 2. The minimum atomic E-state index is -4.87. The van der Waals surface area contributed by atoms with Crippen molar-refractivity contribution in [2.24, 2.45) is 0 Å². The number of sulfonamides is 1. The van der Waals surface area contributed by atoms with E-state index in [0.29, 0.717) is 21.0 Å². The number of hydrogen-bond acceptors (Lipinski definition) is 4. The standard InChI is InChI=1S/C30H32Cl2F3N3O4S/c1-29(2,3)36-28(40)26(16-20-8-6-5-7-9-20)37(18-21-10-12-22(31)13-11-21)27(39)19-38(43(4,41)42)23-14-15-25(32)24(17-23)30(33,34)35/h5-15,17,26H,16,18-19H2,1-4H3,(H,36,40)/t26-/m0/s1. The lowest BCUT2D eigenvalue weighted by Gasteiger charge is -2.35. The highest BCUT2D eigenvalue weighted by Gasteiger charge is 2.37. The van der Waals surface area contributed by atoms with Crippen LogP contribution in [0.2, 0.25) is 10.0 Å². The van der Waals surface area contributed by atoms with Crippen LogP contribution in [-0.4, -0.2) is 49.5 Å². The smallest absolute Gasteiger partial charge is 0.350 e. The normalized spacial score (nSPS) is 12.9. The van der Waals surface area contributed by atoms with E-state index in [4.69, 9.17) is 23.2 Å². The zero-order valence-electron chi connectivity index (χ0n) is 24.0. The van der Waals surface area contributed by atoms with Crippen LogP contribution in [-0.2, 0) is 38.8 Å². The molecule has 232 valence electrons. The molecule has 0 fully saturated rings. The molecule has 2 amide bonds. The summed E-state index contributed by atoms with van der Waals surface area (Å²) in [5.41, 5.74) is -0.999. The first-order valence-electron chi connectivity index (χ1n) is 13.1. The van der Waals surface area contributed by atoms with Gasteiger partial charge in [0.15, 0.2) is 0 Å². The maximum Gasteiger partial charge on any atom is 0.417 e. The van der Waals surface area contributed by atoms with E-state index in [9.17, 15) is 31.2 Å². The first-order valence-corrected chi connectivity index (χ1v) is 15.7. The minimum Gasteiger partial charge on any atom is -0.350 e. The molecule has 1 N–H and O–H groups in total. The summed E-state index contributed by atoms with van der Waals surface area (Å²) >= 11 is 11.8. The SMILES string of the molecule is CC(C)(C)NC(=O)[C@H](Cc1ccccc1)N(Cc1ccc(Cl)cc1)C(=O)CN(c1ccc(Cl)c(C(F)(F)F)c1)S(C)(=O)=O. The second-order valence-corrected chi connectivity index (χ2v) is 13.8. The quantitative estimate of drug-likeness (QED) is 0.276. The average Bonchev–Trinajstić information content (AvgIpc) is 2.89. The lowest BCUT2D eigenvalue weighted by atomic mass is 10.0. The summed E-state index contributed by atoms with van der Waals surface area (Å²) in [6.45, 7) is 4.34. The number of halogens is 5. The number of carbonyl (C=O) groups excluding carboxylic acids is 2. The molecule has 3 aromatic carbocycles. The van der Waals surface area contributed by atoms with Gasteiger partial charge in [-0.05, 0) is 62.2 Å². The Kier molecular flexibility index (Phi) is 10.8. The van der Waals surface area contributed by atoms with Gasteiger partial charge in [-0.1, -0.05) is 65.7 Å². The Hall–Kier alpha value is -3.28. The topological polar surface area (TPSA) is 86.8 Å². The van der Waals surface area contributed by atoms with Crippen molar-refractivity contribution in [3.05, 3.63) is 99.5 Å². The van der Waals surface area contributed by atoms with Crippen LogP contribution in [0.15, 0.2) is 72.8 Å². The van der Waals surface area contributed by atoms with E-state index in [2.05, 4.69) is 5.32 Å². The average molecular weight is 659 g/mol. The van der Waals surface area contributed by atoms with Crippen LogP contribution in [0.1, 0.15) is 37.5 Å². The molecular weight excluding hydrogens is 626 g/mol. The Morgan fingerprint density at radius 1 is 0.907 bits per heavy atom. The Morgan fingerprint density at radius 3 is 2.05 bits per heavy atom. The molecule has 1 atom stereocenters. The molecule has 0 aliphatic heterocycles. The van der Waals surface area contributed by atoms with Crippen molar-refractivity contribution in [3.63, 3.8) is 0 Å². The Labute approximate surface area is 259 Å². The first-order chi connectivity index (χ1) is 19.8.